The topological polar surface area (TPSA) is 84.2 Å². The fourth-order valence-electron chi connectivity index (χ4n) is 4.72. The third kappa shape index (κ3) is 6.47. The molecule has 0 radical (unpaired) electrons. The molecule has 1 heterocycles. The first kappa shape index (κ1) is 29.1. The van der Waals surface area contributed by atoms with E-state index in [1.54, 1.807) is 12.1 Å². The summed E-state index contributed by atoms with van der Waals surface area (Å²) in [5.41, 5.74) is 3.49. The SMILES string of the molecule is Cc1c(-c2ccc(C(F)(F)F)c(Cl)c2)ccc2nn(C(CC(C)C)c3ccc(C(=O)NCCC(=O)O)cc3)cc12. The normalized spacial score (nSPS) is 12.6. The van der Waals surface area contributed by atoms with Crippen LogP contribution in [0.4, 0.5) is 13.2 Å². The highest BCUT2D eigenvalue weighted by Gasteiger charge is 2.33. The van der Waals surface area contributed by atoms with Crippen molar-refractivity contribution in [3.05, 3.63) is 88.1 Å². The Hall–Kier alpha value is -3.85. The lowest BCUT2D eigenvalue weighted by molar-refractivity contribution is -0.138. The second-order valence-corrected chi connectivity index (χ2v) is 10.5. The molecule has 4 rings (SSSR count). The van der Waals surface area contributed by atoms with Crippen molar-refractivity contribution in [2.75, 3.05) is 6.54 Å². The predicted octanol–water partition coefficient (Wildman–Crippen LogP) is 7.52. The van der Waals surface area contributed by atoms with E-state index in [0.29, 0.717) is 17.0 Å². The number of carbonyl (C=O) groups is 2. The zero-order chi connectivity index (χ0) is 29.2. The number of benzene rings is 3. The minimum atomic E-state index is -4.52. The van der Waals surface area contributed by atoms with Crippen molar-refractivity contribution in [3.8, 4) is 11.1 Å². The molecule has 0 saturated carbocycles. The second-order valence-electron chi connectivity index (χ2n) is 10.1. The lowest BCUT2D eigenvalue weighted by Crippen LogP contribution is -2.26. The average Bonchev–Trinajstić information content (AvgIpc) is 3.31. The molecule has 0 aliphatic heterocycles. The number of rotatable bonds is 9. The fourth-order valence-corrected chi connectivity index (χ4v) is 5.01. The molecule has 0 spiro atoms. The van der Waals surface area contributed by atoms with E-state index in [1.807, 2.05) is 42.1 Å². The summed E-state index contributed by atoms with van der Waals surface area (Å²) in [6.45, 7) is 6.17. The van der Waals surface area contributed by atoms with Crippen molar-refractivity contribution in [3.63, 3.8) is 0 Å². The Morgan fingerprint density at radius 2 is 1.77 bits per heavy atom. The Morgan fingerprint density at radius 1 is 1.07 bits per heavy atom. The van der Waals surface area contributed by atoms with Gasteiger partial charge in [0.15, 0.2) is 0 Å². The van der Waals surface area contributed by atoms with Crippen LogP contribution in [0.2, 0.25) is 5.02 Å². The molecule has 4 aromatic rings. The van der Waals surface area contributed by atoms with Crippen LogP contribution < -0.4 is 5.32 Å². The zero-order valence-electron chi connectivity index (χ0n) is 22.2. The van der Waals surface area contributed by atoms with Gasteiger partial charge in [-0.1, -0.05) is 49.7 Å². The number of hydrogen-bond donors (Lipinski definition) is 2. The molecule has 1 atom stereocenters. The van der Waals surface area contributed by atoms with Crippen LogP contribution in [0.3, 0.4) is 0 Å². The van der Waals surface area contributed by atoms with Gasteiger partial charge in [-0.2, -0.15) is 18.3 Å². The molecule has 1 aromatic heterocycles. The summed E-state index contributed by atoms with van der Waals surface area (Å²) in [4.78, 5) is 23.1. The summed E-state index contributed by atoms with van der Waals surface area (Å²) in [6.07, 6.45) is -1.96. The van der Waals surface area contributed by atoms with E-state index in [2.05, 4.69) is 19.2 Å². The zero-order valence-corrected chi connectivity index (χ0v) is 23.0. The number of hydrogen-bond acceptors (Lipinski definition) is 3. The molecule has 10 heteroatoms. The first-order valence-corrected chi connectivity index (χ1v) is 13.2. The lowest BCUT2D eigenvalue weighted by Gasteiger charge is -2.20. The van der Waals surface area contributed by atoms with Gasteiger partial charge in [0.25, 0.3) is 5.91 Å². The molecule has 210 valence electrons. The number of alkyl halides is 3. The molecule has 0 aliphatic carbocycles. The maximum atomic E-state index is 13.2. The van der Waals surface area contributed by atoms with E-state index >= 15 is 0 Å². The summed E-state index contributed by atoms with van der Waals surface area (Å²) in [5, 5.41) is 16.7. The van der Waals surface area contributed by atoms with Gasteiger partial charge < -0.3 is 10.4 Å². The quantitative estimate of drug-likeness (QED) is 0.217. The van der Waals surface area contributed by atoms with Crippen LogP contribution in [0.5, 0.6) is 0 Å². The Labute approximate surface area is 234 Å². The van der Waals surface area contributed by atoms with Crippen LogP contribution in [-0.2, 0) is 11.0 Å². The number of amides is 1. The number of fused-ring (bicyclic) bond motifs is 1. The molecule has 0 saturated heterocycles. The number of carboxylic acids is 1. The van der Waals surface area contributed by atoms with Crippen molar-refractivity contribution in [2.24, 2.45) is 5.92 Å². The molecule has 6 nitrogen and oxygen atoms in total. The third-order valence-electron chi connectivity index (χ3n) is 6.76. The molecule has 2 N–H and O–H groups in total. The van der Waals surface area contributed by atoms with Gasteiger partial charge in [0.05, 0.1) is 28.6 Å². The third-order valence-corrected chi connectivity index (χ3v) is 7.07. The van der Waals surface area contributed by atoms with Crippen molar-refractivity contribution in [1.82, 2.24) is 15.1 Å². The van der Waals surface area contributed by atoms with Gasteiger partial charge >= 0.3 is 12.1 Å². The Kier molecular flexibility index (Phi) is 8.54. The van der Waals surface area contributed by atoms with Gasteiger partial charge in [0, 0.05) is 23.7 Å². The van der Waals surface area contributed by atoms with Crippen LogP contribution in [0.1, 0.15) is 59.8 Å². The number of nitrogens with one attached hydrogen (secondary N) is 1. The summed E-state index contributed by atoms with van der Waals surface area (Å²) >= 11 is 5.98. The maximum absolute atomic E-state index is 13.2. The molecule has 0 fully saturated rings. The smallest absolute Gasteiger partial charge is 0.417 e. The molecular formula is C30H29ClF3N3O3. The van der Waals surface area contributed by atoms with E-state index < -0.39 is 17.7 Å². The van der Waals surface area contributed by atoms with Gasteiger partial charge in [0.1, 0.15) is 0 Å². The highest BCUT2D eigenvalue weighted by Crippen LogP contribution is 2.38. The highest BCUT2D eigenvalue weighted by molar-refractivity contribution is 6.31. The summed E-state index contributed by atoms with van der Waals surface area (Å²) < 4.78 is 41.4. The van der Waals surface area contributed by atoms with Crippen LogP contribution in [0, 0.1) is 12.8 Å². The van der Waals surface area contributed by atoms with E-state index in [0.717, 1.165) is 40.1 Å². The second kappa shape index (κ2) is 11.7. The molecule has 0 aliphatic rings. The number of carbonyl (C=O) groups excluding carboxylic acids is 1. The largest absolute Gasteiger partial charge is 0.481 e. The molecule has 1 amide bonds. The minimum absolute atomic E-state index is 0.0474. The van der Waals surface area contributed by atoms with Gasteiger partial charge in [-0.3, -0.25) is 14.3 Å². The van der Waals surface area contributed by atoms with Crippen molar-refractivity contribution in [1.29, 1.82) is 0 Å². The van der Waals surface area contributed by atoms with E-state index in [-0.39, 0.29) is 29.9 Å². The Bertz CT molecular complexity index is 1550. The number of nitrogens with zero attached hydrogens (tertiary/aromatic N) is 2. The molecule has 40 heavy (non-hydrogen) atoms. The van der Waals surface area contributed by atoms with Crippen LogP contribution >= 0.6 is 11.6 Å². The van der Waals surface area contributed by atoms with Crippen molar-refractivity contribution in [2.45, 2.75) is 45.8 Å². The first-order chi connectivity index (χ1) is 18.8. The molecular weight excluding hydrogens is 543 g/mol. The monoisotopic (exact) mass is 571 g/mol. The lowest BCUT2D eigenvalue weighted by atomic mass is 9.96. The summed E-state index contributed by atoms with van der Waals surface area (Å²) in [6, 6.07) is 14.5. The number of halogens is 4. The number of carboxylic acid groups (broad SMARTS) is 1. The molecule has 1 unspecified atom stereocenters. The first-order valence-electron chi connectivity index (χ1n) is 12.8. The predicted molar refractivity (Wildman–Crippen MR) is 149 cm³/mol. The average molecular weight is 572 g/mol. The number of aryl methyl sites for hydroxylation is 1. The summed E-state index contributed by atoms with van der Waals surface area (Å²) in [7, 11) is 0. The van der Waals surface area contributed by atoms with Crippen LogP contribution in [0.25, 0.3) is 22.0 Å². The van der Waals surface area contributed by atoms with Gasteiger partial charge in [0.2, 0.25) is 0 Å². The van der Waals surface area contributed by atoms with Gasteiger partial charge in [-0.15, -0.1) is 0 Å². The number of aliphatic carboxylic acids is 1. The summed E-state index contributed by atoms with van der Waals surface area (Å²) in [5.74, 6) is -0.990. The van der Waals surface area contributed by atoms with Crippen LogP contribution in [-0.4, -0.2) is 33.3 Å². The Morgan fingerprint density at radius 3 is 2.38 bits per heavy atom. The molecule has 3 aromatic carbocycles. The Balaban J connectivity index is 1.65. The van der Waals surface area contributed by atoms with Gasteiger partial charge in [-0.25, -0.2) is 0 Å². The van der Waals surface area contributed by atoms with E-state index in [4.69, 9.17) is 21.8 Å². The fraction of sp³-hybridized carbons (Fsp3) is 0.300. The van der Waals surface area contributed by atoms with E-state index in [9.17, 15) is 22.8 Å². The minimum Gasteiger partial charge on any atom is -0.481 e. The number of aromatic nitrogens is 2. The van der Waals surface area contributed by atoms with Crippen molar-refractivity contribution < 1.29 is 27.9 Å². The van der Waals surface area contributed by atoms with Gasteiger partial charge in [-0.05, 0) is 71.8 Å². The van der Waals surface area contributed by atoms with Crippen LogP contribution in [0.15, 0.2) is 60.8 Å². The van der Waals surface area contributed by atoms with Crippen molar-refractivity contribution >= 4 is 34.4 Å². The van der Waals surface area contributed by atoms with E-state index in [1.165, 1.54) is 12.1 Å². The standard InChI is InChI=1S/C30H29ClF3N3O3/c1-17(2)14-27(19-4-6-20(7-5-19)29(40)35-13-12-28(38)39)37-16-23-18(3)22(9-11-26(23)36-37)21-8-10-24(25(31)15-21)30(32,33)34/h4-11,15-17,27H,12-14H2,1-3H3,(H,35,40)(H,38,39). The molecule has 0 bridgehead atoms. The highest BCUT2D eigenvalue weighted by atomic mass is 35.5. The maximum Gasteiger partial charge on any atom is 0.417 e.